The first-order chi connectivity index (χ1) is 14.0. The predicted octanol–water partition coefficient (Wildman–Crippen LogP) is 3.27. The van der Waals surface area contributed by atoms with E-state index in [1.165, 1.54) is 18.5 Å². The number of aromatic nitrogens is 3. The molecule has 0 spiro atoms. The van der Waals surface area contributed by atoms with Gasteiger partial charge in [0.15, 0.2) is 5.82 Å². The van der Waals surface area contributed by atoms with Crippen LogP contribution in [0.15, 0.2) is 48.9 Å². The third-order valence-corrected chi connectivity index (χ3v) is 5.00. The highest BCUT2D eigenvalue weighted by Gasteiger charge is 2.31. The Kier molecular flexibility index (Phi) is 5.07. The number of halogens is 1. The second kappa shape index (κ2) is 7.83. The van der Waals surface area contributed by atoms with Crippen molar-refractivity contribution < 1.29 is 9.18 Å². The Balaban J connectivity index is 1.41. The van der Waals surface area contributed by atoms with Crippen molar-refractivity contribution in [3.05, 3.63) is 66.0 Å². The Morgan fingerprint density at radius 3 is 2.83 bits per heavy atom. The van der Waals surface area contributed by atoms with Gasteiger partial charge in [0, 0.05) is 30.5 Å². The maximum atomic E-state index is 13.4. The molecule has 3 heterocycles. The summed E-state index contributed by atoms with van der Waals surface area (Å²) in [6.07, 6.45) is 4.06. The first-order valence-corrected chi connectivity index (χ1v) is 9.33. The largest absolute Gasteiger partial charge is 0.396 e. The molecule has 8 heteroatoms. The standard InChI is InChI=1S/C21H21FN6O/c1-13-8-15(22)2-3-17(13)19-5-4-18(23)20(26-19)27-21(29)28-10-14(11-28)9-16-6-7-24-12-25-16/h2-8,12,14H,9-11,23H2,1H3,(H,26,27,29). The van der Waals surface area contributed by atoms with Gasteiger partial charge in [0.2, 0.25) is 0 Å². The van der Waals surface area contributed by atoms with E-state index in [0.29, 0.717) is 36.2 Å². The number of nitrogen functional groups attached to an aromatic ring is 1. The van der Waals surface area contributed by atoms with Crippen molar-refractivity contribution in [2.75, 3.05) is 24.1 Å². The van der Waals surface area contributed by atoms with Gasteiger partial charge in [0.1, 0.15) is 12.1 Å². The molecule has 0 atom stereocenters. The van der Waals surface area contributed by atoms with Crippen molar-refractivity contribution in [3.8, 4) is 11.3 Å². The minimum absolute atomic E-state index is 0.240. The van der Waals surface area contributed by atoms with Gasteiger partial charge in [-0.05, 0) is 61.2 Å². The molecular formula is C21H21FN6O. The number of rotatable bonds is 4. The lowest BCUT2D eigenvalue weighted by Crippen LogP contribution is -2.52. The summed E-state index contributed by atoms with van der Waals surface area (Å²) in [6.45, 7) is 3.10. The number of nitrogens with one attached hydrogen (secondary N) is 1. The van der Waals surface area contributed by atoms with Crippen LogP contribution in [0.1, 0.15) is 11.3 Å². The van der Waals surface area contributed by atoms with Crippen molar-refractivity contribution >= 4 is 17.5 Å². The summed E-state index contributed by atoms with van der Waals surface area (Å²) in [5.74, 6) is 0.370. The molecule has 1 aliphatic rings. The van der Waals surface area contributed by atoms with E-state index in [1.54, 1.807) is 29.3 Å². The predicted molar refractivity (Wildman–Crippen MR) is 109 cm³/mol. The molecule has 148 valence electrons. The molecular weight excluding hydrogens is 371 g/mol. The average Bonchev–Trinajstić information content (AvgIpc) is 2.67. The number of carbonyl (C=O) groups is 1. The molecule has 0 unspecified atom stereocenters. The van der Waals surface area contributed by atoms with Crippen LogP contribution in [0.4, 0.5) is 20.7 Å². The summed E-state index contributed by atoms with van der Waals surface area (Å²) in [7, 11) is 0. The first kappa shape index (κ1) is 18.8. The molecule has 4 rings (SSSR count). The van der Waals surface area contributed by atoms with Gasteiger partial charge in [-0.3, -0.25) is 5.32 Å². The number of benzene rings is 1. The Bertz CT molecular complexity index is 1040. The van der Waals surface area contributed by atoms with Crippen LogP contribution in [0, 0.1) is 18.7 Å². The Labute approximate surface area is 167 Å². The number of hydrogen-bond donors (Lipinski definition) is 2. The number of carbonyl (C=O) groups excluding carboxylic acids is 1. The van der Waals surface area contributed by atoms with Gasteiger partial charge in [-0.2, -0.15) is 0 Å². The van der Waals surface area contributed by atoms with Crippen molar-refractivity contribution in [1.29, 1.82) is 0 Å². The number of likely N-dealkylation sites (tertiary alicyclic amines) is 1. The topological polar surface area (TPSA) is 97.0 Å². The maximum Gasteiger partial charge on any atom is 0.323 e. The van der Waals surface area contributed by atoms with Crippen molar-refractivity contribution in [2.24, 2.45) is 5.92 Å². The molecule has 0 radical (unpaired) electrons. The van der Waals surface area contributed by atoms with Gasteiger partial charge < -0.3 is 10.6 Å². The average molecular weight is 392 g/mol. The molecule has 0 saturated carbocycles. The summed E-state index contributed by atoms with van der Waals surface area (Å²) in [5.41, 5.74) is 9.51. The molecule has 1 saturated heterocycles. The van der Waals surface area contributed by atoms with Crippen LogP contribution in [0.25, 0.3) is 11.3 Å². The number of nitrogens with zero attached hydrogens (tertiary/aromatic N) is 4. The van der Waals surface area contributed by atoms with E-state index in [0.717, 1.165) is 23.2 Å². The normalized spacial score (nSPS) is 13.8. The Hall–Kier alpha value is -3.55. The minimum atomic E-state index is -0.301. The quantitative estimate of drug-likeness (QED) is 0.710. The number of hydrogen-bond acceptors (Lipinski definition) is 5. The van der Waals surface area contributed by atoms with Gasteiger partial charge in [0.05, 0.1) is 11.4 Å². The molecule has 1 aromatic carbocycles. The van der Waals surface area contributed by atoms with Gasteiger partial charge in [-0.25, -0.2) is 24.1 Å². The highest BCUT2D eigenvalue weighted by atomic mass is 19.1. The van der Waals surface area contributed by atoms with Crippen LogP contribution in [-0.2, 0) is 6.42 Å². The fourth-order valence-corrected chi connectivity index (χ4v) is 3.41. The highest BCUT2D eigenvalue weighted by Crippen LogP contribution is 2.27. The van der Waals surface area contributed by atoms with E-state index in [2.05, 4.69) is 20.3 Å². The smallest absolute Gasteiger partial charge is 0.323 e. The van der Waals surface area contributed by atoms with Crippen molar-refractivity contribution in [2.45, 2.75) is 13.3 Å². The van der Waals surface area contributed by atoms with Gasteiger partial charge in [-0.1, -0.05) is 0 Å². The van der Waals surface area contributed by atoms with Crippen LogP contribution < -0.4 is 11.1 Å². The van der Waals surface area contributed by atoms with Crippen LogP contribution >= 0.6 is 0 Å². The SMILES string of the molecule is Cc1cc(F)ccc1-c1ccc(N)c(NC(=O)N2CC(Cc3ccncn3)C2)n1. The molecule has 2 aromatic heterocycles. The number of aryl methyl sites for hydroxylation is 1. The second-order valence-electron chi connectivity index (χ2n) is 7.20. The molecule has 0 bridgehead atoms. The fraction of sp³-hybridized carbons (Fsp3) is 0.238. The van der Waals surface area contributed by atoms with Crippen LogP contribution in [0.3, 0.4) is 0 Å². The third kappa shape index (κ3) is 4.16. The zero-order valence-corrected chi connectivity index (χ0v) is 16.0. The summed E-state index contributed by atoms with van der Waals surface area (Å²) in [4.78, 5) is 26.9. The van der Waals surface area contributed by atoms with Crippen LogP contribution in [0.2, 0.25) is 0 Å². The lowest BCUT2D eigenvalue weighted by atomic mass is 9.95. The summed E-state index contributed by atoms with van der Waals surface area (Å²) in [6, 6.07) is 9.59. The monoisotopic (exact) mass is 392 g/mol. The lowest BCUT2D eigenvalue weighted by Gasteiger charge is -2.39. The molecule has 0 aliphatic carbocycles. The van der Waals surface area contributed by atoms with E-state index in [1.807, 2.05) is 13.0 Å². The van der Waals surface area contributed by atoms with Gasteiger partial charge in [-0.15, -0.1) is 0 Å². The zero-order chi connectivity index (χ0) is 20.4. The Morgan fingerprint density at radius 1 is 1.28 bits per heavy atom. The number of urea groups is 1. The third-order valence-electron chi connectivity index (χ3n) is 5.00. The first-order valence-electron chi connectivity index (χ1n) is 9.33. The summed E-state index contributed by atoms with van der Waals surface area (Å²) >= 11 is 0. The molecule has 7 nitrogen and oxygen atoms in total. The van der Waals surface area contributed by atoms with E-state index >= 15 is 0 Å². The van der Waals surface area contributed by atoms with Crippen LogP contribution in [0.5, 0.6) is 0 Å². The lowest BCUT2D eigenvalue weighted by molar-refractivity contribution is 0.130. The molecule has 3 N–H and O–H groups in total. The van der Waals surface area contributed by atoms with E-state index in [9.17, 15) is 9.18 Å². The van der Waals surface area contributed by atoms with Crippen LogP contribution in [-0.4, -0.2) is 39.0 Å². The molecule has 1 fully saturated rings. The summed E-state index contributed by atoms with van der Waals surface area (Å²) in [5, 5.41) is 2.79. The van der Waals surface area contributed by atoms with E-state index in [4.69, 9.17) is 5.73 Å². The van der Waals surface area contributed by atoms with Gasteiger partial charge >= 0.3 is 6.03 Å². The fourth-order valence-electron chi connectivity index (χ4n) is 3.41. The molecule has 29 heavy (non-hydrogen) atoms. The number of nitrogens with two attached hydrogens (primary N) is 1. The highest BCUT2D eigenvalue weighted by molar-refractivity contribution is 5.92. The number of pyridine rings is 1. The van der Waals surface area contributed by atoms with E-state index in [-0.39, 0.29) is 11.8 Å². The number of amides is 2. The minimum Gasteiger partial charge on any atom is -0.396 e. The van der Waals surface area contributed by atoms with E-state index < -0.39 is 0 Å². The van der Waals surface area contributed by atoms with Crippen molar-refractivity contribution in [3.63, 3.8) is 0 Å². The number of anilines is 2. The second-order valence-corrected chi connectivity index (χ2v) is 7.20. The molecule has 1 aliphatic heterocycles. The molecule has 2 amide bonds. The Morgan fingerprint density at radius 2 is 2.10 bits per heavy atom. The zero-order valence-electron chi connectivity index (χ0n) is 16.0. The van der Waals surface area contributed by atoms with Crippen molar-refractivity contribution in [1.82, 2.24) is 19.9 Å². The van der Waals surface area contributed by atoms with Gasteiger partial charge in [0.25, 0.3) is 0 Å². The molecule has 3 aromatic rings. The maximum absolute atomic E-state index is 13.4. The summed E-state index contributed by atoms with van der Waals surface area (Å²) < 4.78 is 13.4.